The Morgan fingerprint density at radius 3 is 2.88 bits per heavy atom. The first kappa shape index (κ1) is 11.5. The highest BCUT2D eigenvalue weighted by Crippen LogP contribution is 2.42. The largest absolute Gasteiger partial charge is 0.388 e. The second kappa shape index (κ2) is 4.56. The van der Waals surface area contributed by atoms with Crippen molar-refractivity contribution in [2.45, 2.75) is 24.9 Å². The molecule has 0 aliphatic heterocycles. The minimum absolute atomic E-state index is 0.345. The lowest BCUT2D eigenvalue weighted by Gasteiger charge is -2.31. The lowest BCUT2D eigenvalue weighted by Crippen LogP contribution is -2.19. The third-order valence-corrected chi connectivity index (χ3v) is 5.39. The Kier molecular flexibility index (Phi) is 3.07. The molecular weight excluding hydrogens is 296 g/mol. The van der Waals surface area contributed by atoms with E-state index >= 15 is 0 Å². The van der Waals surface area contributed by atoms with E-state index in [9.17, 15) is 5.11 Å². The first-order valence-electron chi connectivity index (χ1n) is 5.74. The summed E-state index contributed by atoms with van der Waals surface area (Å²) in [6.07, 6.45) is 1.59. The molecule has 0 spiro atoms. The van der Waals surface area contributed by atoms with Crippen molar-refractivity contribution in [1.29, 1.82) is 0 Å². The summed E-state index contributed by atoms with van der Waals surface area (Å²) in [7, 11) is 0. The SMILES string of the molecule is OC(CC1Cc2ccccc21)c1sccc1Br. The molecule has 1 aromatic heterocycles. The van der Waals surface area contributed by atoms with Gasteiger partial charge in [-0.05, 0) is 57.3 Å². The van der Waals surface area contributed by atoms with Crippen molar-refractivity contribution in [3.05, 3.63) is 56.2 Å². The Balaban J connectivity index is 1.72. The number of aliphatic hydroxyl groups is 1. The van der Waals surface area contributed by atoms with Crippen LogP contribution in [0, 0.1) is 0 Å². The lowest BCUT2D eigenvalue weighted by atomic mass is 9.75. The number of rotatable bonds is 3. The zero-order valence-electron chi connectivity index (χ0n) is 9.27. The van der Waals surface area contributed by atoms with Gasteiger partial charge in [0.2, 0.25) is 0 Å². The van der Waals surface area contributed by atoms with Gasteiger partial charge in [0.15, 0.2) is 0 Å². The van der Waals surface area contributed by atoms with Gasteiger partial charge >= 0.3 is 0 Å². The Morgan fingerprint density at radius 2 is 2.18 bits per heavy atom. The monoisotopic (exact) mass is 308 g/mol. The van der Waals surface area contributed by atoms with E-state index in [1.807, 2.05) is 11.4 Å². The highest BCUT2D eigenvalue weighted by atomic mass is 79.9. The molecule has 88 valence electrons. The average Bonchev–Trinajstić information content (AvgIpc) is 2.72. The van der Waals surface area contributed by atoms with E-state index in [2.05, 4.69) is 40.2 Å². The van der Waals surface area contributed by atoms with E-state index in [1.54, 1.807) is 11.3 Å². The maximum absolute atomic E-state index is 10.2. The van der Waals surface area contributed by atoms with E-state index in [0.29, 0.717) is 5.92 Å². The van der Waals surface area contributed by atoms with Crippen LogP contribution in [0.3, 0.4) is 0 Å². The Labute approximate surface area is 113 Å². The number of halogens is 1. The van der Waals surface area contributed by atoms with Crippen LogP contribution in [0.1, 0.15) is 34.4 Å². The Hall–Kier alpha value is -0.640. The summed E-state index contributed by atoms with van der Waals surface area (Å²) in [5.74, 6) is 0.523. The first-order chi connectivity index (χ1) is 8.25. The smallest absolute Gasteiger partial charge is 0.0899 e. The lowest BCUT2D eigenvalue weighted by molar-refractivity contribution is 0.156. The molecule has 2 aromatic rings. The van der Waals surface area contributed by atoms with Crippen LogP contribution in [0.2, 0.25) is 0 Å². The molecule has 1 heterocycles. The van der Waals surface area contributed by atoms with Gasteiger partial charge in [0, 0.05) is 9.35 Å². The average molecular weight is 309 g/mol. The molecule has 17 heavy (non-hydrogen) atoms. The van der Waals surface area contributed by atoms with Crippen LogP contribution in [0.25, 0.3) is 0 Å². The molecule has 0 bridgehead atoms. The number of hydrogen-bond donors (Lipinski definition) is 1. The second-order valence-electron chi connectivity index (χ2n) is 4.48. The predicted octanol–water partition coefficient (Wildman–Crippen LogP) is 4.27. The zero-order valence-corrected chi connectivity index (χ0v) is 11.7. The van der Waals surface area contributed by atoms with Gasteiger partial charge in [0.05, 0.1) is 6.10 Å². The molecule has 0 saturated carbocycles. The normalized spacial score (nSPS) is 19.5. The molecule has 0 saturated heterocycles. The number of benzene rings is 1. The number of hydrogen-bond acceptors (Lipinski definition) is 2. The van der Waals surface area contributed by atoms with Crippen LogP contribution in [-0.4, -0.2) is 5.11 Å². The van der Waals surface area contributed by atoms with Gasteiger partial charge in [-0.25, -0.2) is 0 Å². The molecule has 2 unspecified atom stereocenters. The second-order valence-corrected chi connectivity index (χ2v) is 6.29. The van der Waals surface area contributed by atoms with Gasteiger partial charge in [0.25, 0.3) is 0 Å². The quantitative estimate of drug-likeness (QED) is 0.897. The molecule has 3 heteroatoms. The van der Waals surface area contributed by atoms with E-state index in [4.69, 9.17) is 0 Å². The van der Waals surface area contributed by atoms with Crippen LogP contribution < -0.4 is 0 Å². The van der Waals surface area contributed by atoms with Gasteiger partial charge in [-0.15, -0.1) is 11.3 Å². The summed E-state index contributed by atoms with van der Waals surface area (Å²) in [6.45, 7) is 0. The van der Waals surface area contributed by atoms with Gasteiger partial charge in [-0.1, -0.05) is 24.3 Å². The van der Waals surface area contributed by atoms with Gasteiger partial charge in [0.1, 0.15) is 0 Å². The summed E-state index contributed by atoms with van der Waals surface area (Å²) in [5.41, 5.74) is 2.86. The van der Waals surface area contributed by atoms with E-state index in [1.165, 1.54) is 11.1 Å². The van der Waals surface area contributed by atoms with E-state index < -0.39 is 0 Å². The van der Waals surface area contributed by atoms with Crippen molar-refractivity contribution in [2.75, 3.05) is 0 Å². The number of fused-ring (bicyclic) bond motifs is 1. The van der Waals surface area contributed by atoms with Crippen LogP contribution >= 0.6 is 27.3 Å². The fourth-order valence-corrected chi connectivity index (χ4v) is 4.13. The van der Waals surface area contributed by atoms with Gasteiger partial charge < -0.3 is 5.11 Å². The molecular formula is C14H13BrOS. The summed E-state index contributed by atoms with van der Waals surface area (Å²) in [5, 5.41) is 12.2. The van der Waals surface area contributed by atoms with Crippen LogP contribution in [0.4, 0.5) is 0 Å². The molecule has 1 nitrogen and oxygen atoms in total. The molecule has 3 rings (SSSR count). The number of aliphatic hydroxyl groups excluding tert-OH is 1. The fraction of sp³-hybridized carbons (Fsp3) is 0.286. The number of thiophene rings is 1. The maximum atomic E-state index is 10.2. The van der Waals surface area contributed by atoms with Crippen molar-refractivity contribution in [3.63, 3.8) is 0 Å². The molecule has 1 aliphatic carbocycles. The van der Waals surface area contributed by atoms with Crippen molar-refractivity contribution < 1.29 is 5.11 Å². The van der Waals surface area contributed by atoms with Crippen LogP contribution in [0.5, 0.6) is 0 Å². The third-order valence-electron chi connectivity index (χ3n) is 3.42. The Morgan fingerprint density at radius 1 is 1.35 bits per heavy atom. The highest BCUT2D eigenvalue weighted by molar-refractivity contribution is 9.10. The minimum atomic E-state index is -0.345. The molecule has 1 aromatic carbocycles. The predicted molar refractivity (Wildman–Crippen MR) is 74.5 cm³/mol. The van der Waals surface area contributed by atoms with Crippen molar-refractivity contribution in [2.24, 2.45) is 0 Å². The van der Waals surface area contributed by atoms with Crippen LogP contribution in [-0.2, 0) is 6.42 Å². The molecule has 1 aliphatic rings. The summed E-state index contributed by atoms with van der Waals surface area (Å²) in [4.78, 5) is 1.05. The minimum Gasteiger partial charge on any atom is -0.388 e. The van der Waals surface area contributed by atoms with Gasteiger partial charge in [-0.2, -0.15) is 0 Å². The summed E-state index contributed by atoms with van der Waals surface area (Å²) < 4.78 is 1.03. The molecule has 0 fully saturated rings. The van der Waals surface area contributed by atoms with E-state index in [-0.39, 0.29) is 6.10 Å². The van der Waals surface area contributed by atoms with E-state index in [0.717, 1.165) is 22.2 Å². The van der Waals surface area contributed by atoms with Gasteiger partial charge in [-0.3, -0.25) is 0 Å². The first-order valence-corrected chi connectivity index (χ1v) is 7.41. The van der Waals surface area contributed by atoms with Crippen molar-refractivity contribution in [3.8, 4) is 0 Å². The molecule has 0 radical (unpaired) electrons. The maximum Gasteiger partial charge on any atom is 0.0899 e. The third kappa shape index (κ3) is 2.07. The fourth-order valence-electron chi connectivity index (χ4n) is 2.49. The summed E-state index contributed by atoms with van der Waals surface area (Å²) in [6, 6.07) is 10.5. The zero-order chi connectivity index (χ0) is 11.8. The standard InChI is InChI=1S/C14H13BrOS/c15-12-5-6-17-14(12)13(16)8-10-7-9-3-1-2-4-11(9)10/h1-6,10,13,16H,7-8H2. The Bertz CT molecular complexity index is 535. The topological polar surface area (TPSA) is 20.2 Å². The summed E-state index contributed by atoms with van der Waals surface area (Å²) >= 11 is 5.10. The molecule has 0 amide bonds. The molecule has 2 atom stereocenters. The highest BCUT2D eigenvalue weighted by Gasteiger charge is 2.28. The molecule has 1 N–H and O–H groups in total. The van der Waals surface area contributed by atoms with Crippen LogP contribution in [0.15, 0.2) is 40.2 Å². The van der Waals surface area contributed by atoms with Crippen molar-refractivity contribution in [1.82, 2.24) is 0 Å². The van der Waals surface area contributed by atoms with Crippen molar-refractivity contribution >= 4 is 27.3 Å².